The molecule has 2 fully saturated rings. The van der Waals surface area contributed by atoms with Crippen molar-refractivity contribution < 1.29 is 28.7 Å². The third kappa shape index (κ3) is 6.85. The molecule has 0 unspecified atom stereocenters. The molecule has 8 heteroatoms. The summed E-state index contributed by atoms with van der Waals surface area (Å²) in [6.07, 6.45) is 7.85. The van der Waals surface area contributed by atoms with Crippen LogP contribution in [0.3, 0.4) is 0 Å². The van der Waals surface area contributed by atoms with Crippen molar-refractivity contribution in [2.45, 2.75) is 38.5 Å². The molecule has 0 atom stereocenters. The summed E-state index contributed by atoms with van der Waals surface area (Å²) in [7, 11) is 0. The third-order valence-corrected chi connectivity index (χ3v) is 4.45. The SMILES string of the molecule is O=C(/C=C/C(=O)OCC(=O)N1CCCCC1)OCC(=O)N1CCCCC1. The first-order valence-electron chi connectivity index (χ1n) is 9.13. The third-order valence-electron chi connectivity index (χ3n) is 4.45. The first-order valence-corrected chi connectivity index (χ1v) is 9.13. The lowest BCUT2D eigenvalue weighted by molar-refractivity contribution is -0.149. The molecule has 2 aliphatic rings. The van der Waals surface area contributed by atoms with E-state index in [1.54, 1.807) is 9.80 Å². The minimum absolute atomic E-state index is 0.235. The van der Waals surface area contributed by atoms with Gasteiger partial charge in [-0.25, -0.2) is 9.59 Å². The predicted octanol–water partition coefficient (Wildman–Crippen LogP) is 0.654. The van der Waals surface area contributed by atoms with Gasteiger partial charge in [-0.15, -0.1) is 0 Å². The molecule has 0 aromatic heterocycles. The highest BCUT2D eigenvalue weighted by Gasteiger charge is 2.18. The lowest BCUT2D eigenvalue weighted by Gasteiger charge is -2.26. The van der Waals surface area contributed by atoms with Gasteiger partial charge in [-0.05, 0) is 38.5 Å². The number of piperidine rings is 2. The Morgan fingerprint density at radius 1 is 0.615 bits per heavy atom. The summed E-state index contributed by atoms with van der Waals surface area (Å²) < 4.78 is 9.66. The van der Waals surface area contributed by atoms with Gasteiger partial charge in [0.2, 0.25) is 0 Å². The molecule has 0 aromatic carbocycles. The van der Waals surface area contributed by atoms with Crippen molar-refractivity contribution in [3.05, 3.63) is 12.2 Å². The monoisotopic (exact) mass is 366 g/mol. The second kappa shape index (κ2) is 10.6. The lowest BCUT2D eigenvalue weighted by Crippen LogP contribution is -2.38. The largest absolute Gasteiger partial charge is 0.452 e. The summed E-state index contributed by atoms with van der Waals surface area (Å²) >= 11 is 0. The summed E-state index contributed by atoms with van der Waals surface area (Å²) in [5.41, 5.74) is 0. The van der Waals surface area contributed by atoms with E-state index >= 15 is 0 Å². The molecular formula is C18H26N2O6. The second-order valence-electron chi connectivity index (χ2n) is 6.43. The van der Waals surface area contributed by atoms with Gasteiger partial charge < -0.3 is 19.3 Å². The van der Waals surface area contributed by atoms with Crippen LogP contribution in [-0.2, 0) is 28.7 Å². The van der Waals surface area contributed by atoms with Crippen LogP contribution < -0.4 is 0 Å². The highest BCUT2D eigenvalue weighted by molar-refractivity contribution is 5.93. The van der Waals surface area contributed by atoms with Crippen molar-refractivity contribution in [2.75, 3.05) is 39.4 Å². The van der Waals surface area contributed by atoms with Crippen molar-refractivity contribution in [2.24, 2.45) is 0 Å². The second-order valence-corrected chi connectivity index (χ2v) is 6.43. The highest BCUT2D eigenvalue weighted by Crippen LogP contribution is 2.09. The van der Waals surface area contributed by atoms with E-state index in [9.17, 15) is 19.2 Å². The molecule has 0 saturated carbocycles. The maximum absolute atomic E-state index is 11.9. The fourth-order valence-electron chi connectivity index (χ4n) is 2.97. The first kappa shape index (κ1) is 19.9. The Balaban J connectivity index is 1.62. The van der Waals surface area contributed by atoms with E-state index in [0.29, 0.717) is 26.2 Å². The molecule has 2 saturated heterocycles. The summed E-state index contributed by atoms with van der Waals surface area (Å²) in [6, 6.07) is 0. The van der Waals surface area contributed by atoms with Crippen molar-refractivity contribution in [3.63, 3.8) is 0 Å². The molecule has 2 heterocycles. The van der Waals surface area contributed by atoms with E-state index in [0.717, 1.165) is 50.7 Å². The number of carbonyl (C=O) groups excluding carboxylic acids is 4. The molecule has 2 rings (SSSR count). The van der Waals surface area contributed by atoms with Crippen LogP contribution in [0.5, 0.6) is 0 Å². The summed E-state index contributed by atoms with van der Waals surface area (Å²) in [6.45, 7) is 2.05. The molecule has 0 radical (unpaired) electrons. The van der Waals surface area contributed by atoms with Crippen molar-refractivity contribution in [1.82, 2.24) is 9.80 Å². The molecule has 8 nitrogen and oxygen atoms in total. The molecule has 2 amide bonds. The fourth-order valence-corrected chi connectivity index (χ4v) is 2.97. The molecule has 0 aromatic rings. The number of hydrogen-bond donors (Lipinski definition) is 0. The van der Waals surface area contributed by atoms with Crippen LogP contribution in [0, 0.1) is 0 Å². The topological polar surface area (TPSA) is 93.2 Å². The molecule has 26 heavy (non-hydrogen) atoms. The number of hydrogen-bond acceptors (Lipinski definition) is 6. The van der Waals surface area contributed by atoms with Gasteiger partial charge in [0.1, 0.15) is 0 Å². The zero-order chi connectivity index (χ0) is 18.8. The number of rotatable bonds is 6. The Labute approximate surface area is 153 Å². The van der Waals surface area contributed by atoms with Crippen molar-refractivity contribution >= 4 is 23.8 Å². The van der Waals surface area contributed by atoms with Crippen LogP contribution in [-0.4, -0.2) is 72.9 Å². The molecule has 0 aliphatic carbocycles. The minimum atomic E-state index is -0.797. The molecular weight excluding hydrogens is 340 g/mol. The Morgan fingerprint density at radius 2 is 0.962 bits per heavy atom. The Morgan fingerprint density at radius 3 is 1.31 bits per heavy atom. The quantitative estimate of drug-likeness (QED) is 0.506. The average Bonchev–Trinajstić information content (AvgIpc) is 2.69. The minimum Gasteiger partial charge on any atom is -0.452 e. The summed E-state index contributed by atoms with van der Waals surface area (Å²) in [5, 5.41) is 0. The molecule has 2 aliphatic heterocycles. The maximum Gasteiger partial charge on any atom is 0.331 e. The van der Waals surface area contributed by atoms with E-state index in [1.165, 1.54) is 0 Å². The van der Waals surface area contributed by atoms with E-state index in [2.05, 4.69) is 0 Å². The number of nitrogens with zero attached hydrogens (tertiary/aromatic N) is 2. The number of amides is 2. The first-order chi connectivity index (χ1) is 12.6. The molecule has 144 valence electrons. The number of ether oxygens (including phenoxy) is 2. The smallest absolute Gasteiger partial charge is 0.331 e. The summed E-state index contributed by atoms with van der Waals surface area (Å²) in [5.74, 6) is -2.06. The van der Waals surface area contributed by atoms with E-state index in [4.69, 9.17) is 9.47 Å². The van der Waals surface area contributed by atoms with Gasteiger partial charge in [0, 0.05) is 38.3 Å². The number of likely N-dealkylation sites (tertiary alicyclic amines) is 2. The van der Waals surface area contributed by atoms with Crippen LogP contribution in [0.4, 0.5) is 0 Å². The van der Waals surface area contributed by atoms with Gasteiger partial charge in [-0.3, -0.25) is 9.59 Å². The van der Waals surface area contributed by atoms with Gasteiger partial charge >= 0.3 is 11.9 Å². The van der Waals surface area contributed by atoms with Crippen molar-refractivity contribution in [3.8, 4) is 0 Å². The van der Waals surface area contributed by atoms with Crippen LogP contribution in [0.25, 0.3) is 0 Å². The van der Waals surface area contributed by atoms with Crippen molar-refractivity contribution in [1.29, 1.82) is 0 Å². The molecule has 0 spiro atoms. The number of carbonyl (C=O) groups is 4. The maximum atomic E-state index is 11.9. The van der Waals surface area contributed by atoms with Gasteiger partial charge in [0.25, 0.3) is 11.8 Å². The van der Waals surface area contributed by atoms with Gasteiger partial charge in [-0.1, -0.05) is 0 Å². The van der Waals surface area contributed by atoms with Crippen LogP contribution in [0.15, 0.2) is 12.2 Å². The van der Waals surface area contributed by atoms with E-state index < -0.39 is 11.9 Å². The molecule has 0 N–H and O–H groups in total. The summed E-state index contributed by atoms with van der Waals surface area (Å²) in [4.78, 5) is 50.2. The van der Waals surface area contributed by atoms with Gasteiger partial charge in [0.05, 0.1) is 0 Å². The van der Waals surface area contributed by atoms with Crippen LogP contribution >= 0.6 is 0 Å². The standard InChI is InChI=1S/C18H26N2O6/c21-15(19-9-3-1-4-10-19)13-25-17(23)7-8-18(24)26-14-16(22)20-11-5-2-6-12-20/h7-8H,1-6,9-14H2/b8-7+. The average molecular weight is 366 g/mol. The zero-order valence-corrected chi connectivity index (χ0v) is 15.0. The Kier molecular flexibility index (Phi) is 8.11. The fraction of sp³-hybridized carbons (Fsp3) is 0.667. The van der Waals surface area contributed by atoms with Gasteiger partial charge in [-0.2, -0.15) is 0 Å². The Hall–Kier alpha value is -2.38. The molecule has 0 bridgehead atoms. The predicted molar refractivity (Wildman–Crippen MR) is 91.9 cm³/mol. The van der Waals surface area contributed by atoms with Gasteiger partial charge in [0.15, 0.2) is 13.2 Å². The van der Waals surface area contributed by atoms with Crippen LogP contribution in [0.2, 0.25) is 0 Å². The van der Waals surface area contributed by atoms with Crippen LogP contribution in [0.1, 0.15) is 38.5 Å². The Bertz CT molecular complexity index is 500. The normalized spacial score (nSPS) is 17.8. The lowest BCUT2D eigenvalue weighted by atomic mass is 10.1. The number of esters is 2. The van der Waals surface area contributed by atoms with E-state index in [-0.39, 0.29) is 25.0 Å². The zero-order valence-electron chi connectivity index (χ0n) is 15.0. The van der Waals surface area contributed by atoms with E-state index in [1.807, 2.05) is 0 Å². The highest BCUT2D eigenvalue weighted by atomic mass is 16.5.